The van der Waals surface area contributed by atoms with E-state index in [0.717, 1.165) is 5.56 Å². The number of benzene rings is 1. The third-order valence-corrected chi connectivity index (χ3v) is 2.86. The lowest BCUT2D eigenvalue weighted by atomic mass is 10.1. The van der Waals surface area contributed by atoms with Crippen LogP contribution in [0.4, 0.5) is 0 Å². The first kappa shape index (κ1) is 14.2. The standard InChI is InChI=1S/C13H15N3O4/c1-8-2-4-9(5-3-8)12-11(13(19)20)14-15-16(12)6-10(18)7-17/h2-5,10,17-18H,6-7H2,1H3,(H,19,20). The van der Waals surface area contributed by atoms with E-state index in [1.165, 1.54) is 4.68 Å². The highest BCUT2D eigenvalue weighted by Crippen LogP contribution is 2.23. The number of hydrogen-bond donors (Lipinski definition) is 3. The van der Waals surface area contributed by atoms with Gasteiger partial charge in [0.05, 0.1) is 19.3 Å². The molecule has 0 aliphatic rings. The van der Waals surface area contributed by atoms with Crippen molar-refractivity contribution >= 4 is 5.97 Å². The summed E-state index contributed by atoms with van der Waals surface area (Å²) in [6.45, 7) is 1.46. The second-order valence-corrected chi connectivity index (χ2v) is 4.48. The van der Waals surface area contributed by atoms with Gasteiger partial charge in [-0.15, -0.1) is 5.10 Å². The molecule has 20 heavy (non-hydrogen) atoms. The number of aliphatic hydroxyl groups is 2. The monoisotopic (exact) mass is 277 g/mol. The lowest BCUT2D eigenvalue weighted by Gasteiger charge is -2.10. The first-order valence-corrected chi connectivity index (χ1v) is 6.05. The number of carbonyl (C=O) groups is 1. The number of carboxylic acid groups (broad SMARTS) is 1. The summed E-state index contributed by atoms with van der Waals surface area (Å²) in [5, 5.41) is 34.9. The van der Waals surface area contributed by atoms with E-state index in [4.69, 9.17) is 10.2 Å². The molecule has 1 heterocycles. The highest BCUT2D eigenvalue weighted by Gasteiger charge is 2.21. The van der Waals surface area contributed by atoms with E-state index in [1.54, 1.807) is 12.1 Å². The highest BCUT2D eigenvalue weighted by atomic mass is 16.4. The molecule has 0 spiro atoms. The van der Waals surface area contributed by atoms with Crippen molar-refractivity contribution in [3.63, 3.8) is 0 Å². The van der Waals surface area contributed by atoms with E-state index < -0.39 is 18.7 Å². The smallest absolute Gasteiger partial charge is 0.358 e. The zero-order chi connectivity index (χ0) is 14.7. The number of aliphatic hydroxyl groups excluding tert-OH is 2. The van der Waals surface area contributed by atoms with Crippen molar-refractivity contribution in [3.8, 4) is 11.3 Å². The van der Waals surface area contributed by atoms with E-state index in [2.05, 4.69) is 10.3 Å². The van der Waals surface area contributed by atoms with Crippen LogP contribution in [-0.4, -0.2) is 49.0 Å². The second-order valence-electron chi connectivity index (χ2n) is 4.48. The fourth-order valence-corrected chi connectivity index (χ4v) is 1.84. The Labute approximate surface area is 115 Å². The first-order valence-electron chi connectivity index (χ1n) is 6.05. The van der Waals surface area contributed by atoms with Crippen LogP contribution in [0.1, 0.15) is 16.1 Å². The van der Waals surface area contributed by atoms with E-state index in [9.17, 15) is 9.90 Å². The Kier molecular flexibility index (Phi) is 4.11. The van der Waals surface area contributed by atoms with Crippen LogP contribution in [0.15, 0.2) is 24.3 Å². The molecule has 0 amide bonds. The van der Waals surface area contributed by atoms with Gasteiger partial charge >= 0.3 is 5.97 Å². The molecule has 106 valence electrons. The molecule has 1 aromatic carbocycles. The van der Waals surface area contributed by atoms with Gasteiger partial charge in [0.25, 0.3) is 0 Å². The Hall–Kier alpha value is -2.25. The number of aromatic nitrogens is 3. The zero-order valence-corrected chi connectivity index (χ0v) is 10.9. The van der Waals surface area contributed by atoms with Crippen LogP contribution >= 0.6 is 0 Å². The first-order chi connectivity index (χ1) is 9.52. The second kappa shape index (κ2) is 5.81. The molecular weight excluding hydrogens is 262 g/mol. The Morgan fingerprint density at radius 1 is 1.35 bits per heavy atom. The Balaban J connectivity index is 2.49. The summed E-state index contributed by atoms with van der Waals surface area (Å²) < 4.78 is 1.29. The molecule has 0 bridgehead atoms. The van der Waals surface area contributed by atoms with Gasteiger partial charge in [-0.2, -0.15) is 0 Å². The van der Waals surface area contributed by atoms with Crippen molar-refractivity contribution in [2.24, 2.45) is 0 Å². The Morgan fingerprint density at radius 3 is 2.55 bits per heavy atom. The molecule has 1 atom stereocenters. The topological polar surface area (TPSA) is 108 Å². The van der Waals surface area contributed by atoms with Gasteiger partial charge in [0, 0.05) is 5.56 Å². The Bertz CT molecular complexity index is 607. The third kappa shape index (κ3) is 2.84. The van der Waals surface area contributed by atoms with Gasteiger partial charge in [0.2, 0.25) is 0 Å². The largest absolute Gasteiger partial charge is 0.476 e. The maximum absolute atomic E-state index is 11.2. The normalized spacial score (nSPS) is 12.3. The van der Waals surface area contributed by atoms with Crippen molar-refractivity contribution in [2.45, 2.75) is 19.6 Å². The van der Waals surface area contributed by atoms with Crippen molar-refractivity contribution in [2.75, 3.05) is 6.61 Å². The number of aryl methyl sites for hydroxylation is 1. The molecule has 1 unspecified atom stereocenters. The van der Waals surface area contributed by atoms with Gasteiger partial charge in [0.1, 0.15) is 5.69 Å². The van der Waals surface area contributed by atoms with Crippen LogP contribution in [0, 0.1) is 6.92 Å². The van der Waals surface area contributed by atoms with E-state index in [1.807, 2.05) is 19.1 Å². The zero-order valence-electron chi connectivity index (χ0n) is 10.9. The maximum Gasteiger partial charge on any atom is 0.358 e. The number of hydrogen-bond acceptors (Lipinski definition) is 5. The summed E-state index contributed by atoms with van der Waals surface area (Å²) in [6.07, 6.45) is -1.03. The SMILES string of the molecule is Cc1ccc(-c2c(C(=O)O)nnn2CC(O)CO)cc1. The lowest BCUT2D eigenvalue weighted by Crippen LogP contribution is -2.21. The average molecular weight is 277 g/mol. The number of aromatic carboxylic acids is 1. The van der Waals surface area contributed by atoms with Gasteiger partial charge < -0.3 is 15.3 Å². The molecule has 0 aliphatic heterocycles. The molecule has 7 nitrogen and oxygen atoms in total. The van der Waals surface area contributed by atoms with Crippen molar-refractivity contribution in [1.82, 2.24) is 15.0 Å². The average Bonchev–Trinajstić information content (AvgIpc) is 2.83. The van der Waals surface area contributed by atoms with Gasteiger partial charge in [-0.05, 0) is 6.92 Å². The van der Waals surface area contributed by atoms with Gasteiger partial charge in [0.15, 0.2) is 5.69 Å². The summed E-state index contributed by atoms with van der Waals surface area (Å²) in [4.78, 5) is 11.2. The minimum atomic E-state index is -1.19. The van der Waals surface area contributed by atoms with Gasteiger partial charge in [-0.25, -0.2) is 9.48 Å². The molecule has 0 saturated heterocycles. The van der Waals surface area contributed by atoms with Crippen LogP contribution in [0.3, 0.4) is 0 Å². The van der Waals surface area contributed by atoms with Crippen molar-refractivity contribution in [3.05, 3.63) is 35.5 Å². The van der Waals surface area contributed by atoms with Gasteiger partial charge in [-0.1, -0.05) is 35.0 Å². The summed E-state index contributed by atoms with van der Waals surface area (Å²) in [5.41, 5.74) is 1.81. The lowest BCUT2D eigenvalue weighted by molar-refractivity contribution is 0.0690. The predicted octanol–water partition coefficient (Wildman–Crippen LogP) is 0.305. The molecule has 2 rings (SSSR count). The fourth-order valence-electron chi connectivity index (χ4n) is 1.84. The van der Waals surface area contributed by atoms with E-state index in [-0.39, 0.29) is 12.2 Å². The molecule has 0 radical (unpaired) electrons. The summed E-state index contributed by atoms with van der Waals surface area (Å²) in [6, 6.07) is 7.23. The molecule has 0 fully saturated rings. The summed E-state index contributed by atoms with van der Waals surface area (Å²) in [7, 11) is 0. The minimum absolute atomic E-state index is 0.0278. The molecule has 1 aromatic heterocycles. The molecule has 0 saturated carbocycles. The third-order valence-electron chi connectivity index (χ3n) is 2.86. The number of carboxylic acids is 1. The number of rotatable bonds is 5. The summed E-state index contributed by atoms with van der Waals surface area (Å²) >= 11 is 0. The number of nitrogens with zero attached hydrogens (tertiary/aromatic N) is 3. The van der Waals surface area contributed by atoms with E-state index >= 15 is 0 Å². The highest BCUT2D eigenvalue weighted by molar-refractivity contribution is 5.92. The fraction of sp³-hybridized carbons (Fsp3) is 0.308. The van der Waals surface area contributed by atoms with Crippen LogP contribution in [0.25, 0.3) is 11.3 Å². The van der Waals surface area contributed by atoms with E-state index in [0.29, 0.717) is 11.3 Å². The molecule has 7 heteroatoms. The summed E-state index contributed by atoms with van der Waals surface area (Å²) in [5.74, 6) is -1.19. The predicted molar refractivity (Wildman–Crippen MR) is 70.2 cm³/mol. The van der Waals surface area contributed by atoms with Crippen LogP contribution in [-0.2, 0) is 6.54 Å². The molecule has 3 N–H and O–H groups in total. The van der Waals surface area contributed by atoms with Gasteiger partial charge in [-0.3, -0.25) is 0 Å². The van der Waals surface area contributed by atoms with Crippen LogP contribution in [0.5, 0.6) is 0 Å². The maximum atomic E-state index is 11.2. The van der Waals surface area contributed by atoms with Crippen molar-refractivity contribution in [1.29, 1.82) is 0 Å². The van der Waals surface area contributed by atoms with Crippen molar-refractivity contribution < 1.29 is 20.1 Å². The Morgan fingerprint density at radius 2 is 2.00 bits per heavy atom. The van der Waals surface area contributed by atoms with Crippen LogP contribution in [0.2, 0.25) is 0 Å². The molecule has 2 aromatic rings. The molecular formula is C13H15N3O4. The quantitative estimate of drug-likeness (QED) is 0.725. The van der Waals surface area contributed by atoms with Crippen LogP contribution < -0.4 is 0 Å². The minimum Gasteiger partial charge on any atom is -0.476 e. The molecule has 0 aliphatic carbocycles.